The molecule has 0 N–H and O–H groups in total. The zero-order chi connectivity index (χ0) is 18.0. The summed E-state index contributed by atoms with van der Waals surface area (Å²) in [5.41, 5.74) is 2.08. The molecule has 3 aromatic rings. The first-order valence-electron chi connectivity index (χ1n) is 7.62. The van der Waals surface area contributed by atoms with Gasteiger partial charge in [-0.1, -0.05) is 24.3 Å². The van der Waals surface area contributed by atoms with Gasteiger partial charge in [-0.25, -0.2) is 4.79 Å². The molecule has 0 unspecified atom stereocenters. The highest BCUT2D eigenvalue weighted by molar-refractivity contribution is 9.10. The maximum atomic E-state index is 12.6. The van der Waals surface area contributed by atoms with Crippen molar-refractivity contribution in [3.05, 3.63) is 64.3 Å². The second-order valence-electron chi connectivity index (χ2n) is 5.54. The number of nitrogens with zero attached hydrogens (tertiary/aromatic N) is 1. The van der Waals surface area contributed by atoms with Crippen LogP contribution in [0.2, 0.25) is 0 Å². The Bertz CT molecular complexity index is 961. The van der Waals surface area contributed by atoms with Crippen LogP contribution in [0.1, 0.15) is 20.7 Å². The number of esters is 1. The van der Waals surface area contributed by atoms with Crippen molar-refractivity contribution in [1.29, 1.82) is 0 Å². The lowest BCUT2D eigenvalue weighted by Gasteiger charge is -2.09. The molecule has 0 bridgehead atoms. The number of carbonyl (C=O) groups excluding carboxylic acids is 2. The molecular weight excluding hydrogens is 386 g/mol. The predicted octanol–water partition coefficient (Wildman–Crippen LogP) is 4.22. The summed E-state index contributed by atoms with van der Waals surface area (Å²) in [6.45, 7) is 1.82. The molecule has 0 aliphatic carbocycles. The topological polar surface area (TPSA) is 57.5 Å². The number of carbonyl (C=O) groups is 2. The van der Waals surface area contributed by atoms with Crippen molar-refractivity contribution in [1.82, 2.24) is 4.57 Å². The number of hydrogen-bond donors (Lipinski definition) is 0. The minimum absolute atomic E-state index is 0.152. The van der Waals surface area contributed by atoms with Gasteiger partial charge in [0.05, 0.1) is 22.7 Å². The van der Waals surface area contributed by atoms with Gasteiger partial charge in [-0.3, -0.25) is 9.36 Å². The summed E-state index contributed by atoms with van der Waals surface area (Å²) >= 11 is 3.42. The Morgan fingerprint density at radius 3 is 2.64 bits per heavy atom. The quantitative estimate of drug-likeness (QED) is 0.614. The van der Waals surface area contributed by atoms with Crippen molar-refractivity contribution in [2.75, 3.05) is 13.7 Å². The van der Waals surface area contributed by atoms with E-state index in [0.717, 1.165) is 10.0 Å². The molecule has 0 spiro atoms. The molecule has 1 heterocycles. The van der Waals surface area contributed by atoms with Crippen LogP contribution in [-0.2, 0) is 4.74 Å². The van der Waals surface area contributed by atoms with E-state index in [1.807, 2.05) is 31.2 Å². The van der Waals surface area contributed by atoms with E-state index in [4.69, 9.17) is 9.47 Å². The number of ether oxygens (including phenoxy) is 2. The van der Waals surface area contributed by atoms with Gasteiger partial charge in [0.2, 0.25) is 0 Å². The monoisotopic (exact) mass is 401 g/mol. The van der Waals surface area contributed by atoms with Gasteiger partial charge >= 0.3 is 5.97 Å². The van der Waals surface area contributed by atoms with Gasteiger partial charge in [-0.2, -0.15) is 0 Å². The normalized spacial score (nSPS) is 10.7. The minimum Gasteiger partial charge on any atom is -0.483 e. The predicted molar refractivity (Wildman–Crippen MR) is 98.3 cm³/mol. The fraction of sp³-hybridized carbons (Fsp3) is 0.158. The maximum Gasteiger partial charge on any atom is 0.340 e. The second kappa shape index (κ2) is 7.11. The molecule has 0 saturated carbocycles. The van der Waals surface area contributed by atoms with Crippen LogP contribution in [0.3, 0.4) is 0 Å². The van der Waals surface area contributed by atoms with E-state index in [9.17, 15) is 9.59 Å². The summed E-state index contributed by atoms with van der Waals surface area (Å²) in [5.74, 6) is -0.174. The molecule has 25 heavy (non-hydrogen) atoms. The summed E-state index contributed by atoms with van der Waals surface area (Å²) in [6, 6.07) is 12.8. The van der Waals surface area contributed by atoms with E-state index in [1.54, 1.807) is 18.2 Å². The number of methoxy groups -OCH3 is 1. The summed E-state index contributed by atoms with van der Waals surface area (Å²) in [4.78, 5) is 24.5. The Morgan fingerprint density at radius 1 is 1.16 bits per heavy atom. The lowest BCUT2D eigenvalue weighted by Crippen LogP contribution is -2.18. The summed E-state index contributed by atoms with van der Waals surface area (Å²) in [5, 5.41) is 0.666. The SMILES string of the molecule is COC(=O)c1cn(C(=O)COc2ccc(C)cc2Br)c2ccccc12. The van der Waals surface area contributed by atoms with E-state index in [2.05, 4.69) is 15.9 Å². The van der Waals surface area contributed by atoms with Crippen LogP contribution >= 0.6 is 15.9 Å². The van der Waals surface area contributed by atoms with Crippen LogP contribution < -0.4 is 4.74 Å². The van der Waals surface area contributed by atoms with Gasteiger partial charge in [0.1, 0.15) is 5.75 Å². The van der Waals surface area contributed by atoms with E-state index in [0.29, 0.717) is 22.2 Å². The second-order valence-corrected chi connectivity index (χ2v) is 6.39. The number of aromatic nitrogens is 1. The van der Waals surface area contributed by atoms with E-state index < -0.39 is 5.97 Å². The Hall–Kier alpha value is -2.60. The van der Waals surface area contributed by atoms with Crippen molar-refractivity contribution in [3.8, 4) is 5.75 Å². The lowest BCUT2D eigenvalue weighted by molar-refractivity contribution is 0.0603. The van der Waals surface area contributed by atoms with E-state index in [1.165, 1.54) is 17.9 Å². The lowest BCUT2D eigenvalue weighted by atomic mass is 10.2. The zero-order valence-corrected chi connectivity index (χ0v) is 15.4. The number of para-hydroxylation sites is 1. The largest absolute Gasteiger partial charge is 0.483 e. The number of rotatable bonds is 4. The fourth-order valence-electron chi connectivity index (χ4n) is 2.59. The van der Waals surface area contributed by atoms with Gasteiger partial charge < -0.3 is 9.47 Å². The number of halogens is 1. The van der Waals surface area contributed by atoms with Gasteiger partial charge in [-0.05, 0) is 46.6 Å². The number of aryl methyl sites for hydroxylation is 1. The third kappa shape index (κ3) is 3.44. The molecule has 0 atom stereocenters. The van der Waals surface area contributed by atoms with Crippen LogP contribution in [0.5, 0.6) is 5.75 Å². The fourth-order valence-corrected chi connectivity index (χ4v) is 3.20. The van der Waals surface area contributed by atoms with Gasteiger partial charge in [0, 0.05) is 11.6 Å². The molecule has 0 amide bonds. The Morgan fingerprint density at radius 2 is 1.92 bits per heavy atom. The van der Waals surface area contributed by atoms with Crippen LogP contribution in [0.4, 0.5) is 0 Å². The van der Waals surface area contributed by atoms with Crippen molar-refractivity contribution in [2.45, 2.75) is 6.92 Å². The van der Waals surface area contributed by atoms with Crippen LogP contribution in [0, 0.1) is 6.92 Å². The average molecular weight is 402 g/mol. The Balaban J connectivity index is 1.88. The first-order chi connectivity index (χ1) is 12.0. The van der Waals surface area contributed by atoms with Gasteiger partial charge in [0.15, 0.2) is 6.61 Å². The highest BCUT2D eigenvalue weighted by atomic mass is 79.9. The number of benzene rings is 2. The summed E-state index contributed by atoms with van der Waals surface area (Å²) < 4.78 is 12.6. The van der Waals surface area contributed by atoms with Crippen LogP contribution in [0.25, 0.3) is 10.9 Å². The Kier molecular flexibility index (Phi) is 4.90. The molecule has 128 valence electrons. The molecule has 0 aliphatic rings. The standard InChI is InChI=1S/C19H16BrNO4/c1-12-7-8-17(15(20)9-12)25-11-18(22)21-10-14(19(23)24-2)13-5-3-4-6-16(13)21/h3-10H,11H2,1-2H3. The number of fused-ring (bicyclic) bond motifs is 1. The first-order valence-corrected chi connectivity index (χ1v) is 8.41. The van der Waals surface area contributed by atoms with E-state index in [-0.39, 0.29) is 12.5 Å². The third-order valence-corrected chi connectivity index (χ3v) is 4.44. The molecular formula is C19H16BrNO4. The smallest absolute Gasteiger partial charge is 0.340 e. The molecule has 2 aromatic carbocycles. The zero-order valence-electron chi connectivity index (χ0n) is 13.8. The summed E-state index contributed by atoms with van der Waals surface area (Å²) in [7, 11) is 1.31. The summed E-state index contributed by atoms with van der Waals surface area (Å²) in [6.07, 6.45) is 1.49. The average Bonchev–Trinajstić information content (AvgIpc) is 3.00. The molecule has 0 saturated heterocycles. The molecule has 1 aromatic heterocycles. The highest BCUT2D eigenvalue weighted by Crippen LogP contribution is 2.26. The minimum atomic E-state index is -0.482. The van der Waals surface area contributed by atoms with Crippen LogP contribution in [0.15, 0.2) is 53.1 Å². The van der Waals surface area contributed by atoms with Gasteiger partial charge in [0.25, 0.3) is 5.91 Å². The van der Waals surface area contributed by atoms with Gasteiger partial charge in [-0.15, -0.1) is 0 Å². The van der Waals surface area contributed by atoms with Crippen LogP contribution in [-0.4, -0.2) is 30.2 Å². The molecule has 3 rings (SSSR count). The highest BCUT2D eigenvalue weighted by Gasteiger charge is 2.19. The van der Waals surface area contributed by atoms with Crippen molar-refractivity contribution < 1.29 is 19.1 Å². The van der Waals surface area contributed by atoms with Crippen molar-refractivity contribution >= 4 is 38.7 Å². The molecule has 0 fully saturated rings. The van der Waals surface area contributed by atoms with Crippen molar-refractivity contribution in [2.24, 2.45) is 0 Å². The third-order valence-electron chi connectivity index (χ3n) is 3.82. The van der Waals surface area contributed by atoms with E-state index >= 15 is 0 Å². The van der Waals surface area contributed by atoms with Crippen molar-refractivity contribution in [3.63, 3.8) is 0 Å². The molecule has 0 aliphatic heterocycles. The first kappa shape index (κ1) is 17.2. The number of hydrogen-bond acceptors (Lipinski definition) is 4. The molecule has 5 nitrogen and oxygen atoms in total. The molecule has 0 radical (unpaired) electrons. The molecule has 6 heteroatoms. The maximum absolute atomic E-state index is 12.6. The Labute approximate surface area is 153 Å².